The zero-order chi connectivity index (χ0) is 16.2. The Balaban J connectivity index is 1.61. The Hall–Kier alpha value is -2.18. The smallest absolute Gasteiger partial charge is 0.234 e. The van der Waals surface area contributed by atoms with Gasteiger partial charge in [0, 0.05) is 16.8 Å². The number of H-pyrrole nitrogens is 1. The van der Waals surface area contributed by atoms with E-state index >= 15 is 0 Å². The van der Waals surface area contributed by atoms with Crippen LogP contribution in [0.5, 0.6) is 5.75 Å². The number of hydrogen-bond donors (Lipinski definition) is 2. The van der Waals surface area contributed by atoms with Gasteiger partial charge < -0.3 is 15.0 Å². The molecule has 0 unspecified atom stereocenters. The van der Waals surface area contributed by atoms with E-state index in [9.17, 15) is 4.79 Å². The lowest BCUT2D eigenvalue weighted by Gasteiger charge is -2.06. The lowest BCUT2D eigenvalue weighted by molar-refractivity contribution is -0.113. The predicted molar refractivity (Wildman–Crippen MR) is 93.5 cm³/mol. The van der Waals surface area contributed by atoms with E-state index in [1.54, 1.807) is 19.2 Å². The molecule has 0 saturated carbocycles. The fourth-order valence-corrected chi connectivity index (χ4v) is 2.92. The first-order valence-corrected chi connectivity index (χ1v) is 8.22. The number of methoxy groups -OCH3 is 1. The highest BCUT2D eigenvalue weighted by atomic mass is 35.5. The monoisotopic (exact) mass is 347 g/mol. The molecule has 0 bridgehead atoms. The summed E-state index contributed by atoms with van der Waals surface area (Å²) in [5.41, 5.74) is 2.38. The molecule has 0 aliphatic carbocycles. The molecule has 0 aliphatic heterocycles. The summed E-state index contributed by atoms with van der Waals surface area (Å²) in [5.74, 6) is 0.844. The highest BCUT2D eigenvalue weighted by Crippen LogP contribution is 2.22. The van der Waals surface area contributed by atoms with Crippen LogP contribution in [-0.2, 0) is 4.79 Å². The zero-order valence-corrected chi connectivity index (χ0v) is 13.9. The first-order valence-electron chi connectivity index (χ1n) is 6.86. The first kappa shape index (κ1) is 15.7. The number of ether oxygens (including phenoxy) is 1. The molecule has 2 N–H and O–H groups in total. The number of aromatic amines is 1. The molecule has 0 saturated heterocycles. The van der Waals surface area contributed by atoms with Gasteiger partial charge in [0.25, 0.3) is 0 Å². The van der Waals surface area contributed by atoms with Crippen molar-refractivity contribution >= 4 is 46.0 Å². The number of nitrogens with one attached hydrogen (secondary N) is 2. The number of carbonyl (C=O) groups is 1. The Morgan fingerprint density at radius 2 is 2.22 bits per heavy atom. The van der Waals surface area contributed by atoms with Gasteiger partial charge in [-0.25, -0.2) is 4.98 Å². The molecule has 3 aromatic rings. The second-order valence-electron chi connectivity index (χ2n) is 4.77. The van der Waals surface area contributed by atoms with Crippen molar-refractivity contribution in [2.24, 2.45) is 0 Å². The average Bonchev–Trinajstić information content (AvgIpc) is 2.95. The van der Waals surface area contributed by atoms with Crippen LogP contribution >= 0.6 is 23.4 Å². The third-order valence-corrected chi connectivity index (χ3v) is 4.22. The topological polar surface area (TPSA) is 67.0 Å². The number of nitrogens with zero attached hydrogens (tertiary/aromatic N) is 1. The minimum atomic E-state index is -0.109. The summed E-state index contributed by atoms with van der Waals surface area (Å²) < 4.78 is 5.13. The lowest BCUT2D eigenvalue weighted by Crippen LogP contribution is -2.14. The quantitative estimate of drug-likeness (QED) is 0.686. The summed E-state index contributed by atoms with van der Waals surface area (Å²) in [4.78, 5) is 19.6. The molecule has 0 atom stereocenters. The number of carbonyl (C=O) groups excluding carboxylic acids is 1. The Bertz CT molecular complexity index is 850. The molecule has 1 heterocycles. The van der Waals surface area contributed by atoms with Crippen LogP contribution in [0.25, 0.3) is 11.0 Å². The summed E-state index contributed by atoms with van der Waals surface area (Å²) in [6, 6.07) is 12.7. The number of anilines is 1. The minimum Gasteiger partial charge on any atom is -0.497 e. The molecule has 0 radical (unpaired) electrons. The number of thioether (sulfide) groups is 1. The molecule has 118 valence electrons. The van der Waals surface area contributed by atoms with E-state index in [0.717, 1.165) is 11.0 Å². The maximum absolute atomic E-state index is 12.0. The van der Waals surface area contributed by atoms with Gasteiger partial charge in [0.15, 0.2) is 5.16 Å². The second-order valence-corrected chi connectivity index (χ2v) is 6.17. The number of aromatic nitrogens is 2. The van der Waals surface area contributed by atoms with Crippen LogP contribution in [-0.4, -0.2) is 28.7 Å². The highest BCUT2D eigenvalue weighted by Gasteiger charge is 2.08. The molecular formula is C16H14ClN3O2S. The minimum absolute atomic E-state index is 0.109. The van der Waals surface area contributed by atoms with E-state index in [4.69, 9.17) is 16.3 Å². The van der Waals surface area contributed by atoms with Crippen molar-refractivity contribution in [2.75, 3.05) is 18.2 Å². The Labute approximate surface area is 142 Å². The van der Waals surface area contributed by atoms with Crippen LogP contribution in [0.15, 0.2) is 47.6 Å². The number of halogens is 1. The molecule has 5 nitrogen and oxygen atoms in total. The summed E-state index contributed by atoms with van der Waals surface area (Å²) in [5, 5.41) is 4.16. The summed E-state index contributed by atoms with van der Waals surface area (Å²) >= 11 is 7.28. The lowest BCUT2D eigenvalue weighted by atomic mass is 10.3. The van der Waals surface area contributed by atoms with Crippen LogP contribution in [0.1, 0.15) is 0 Å². The Kier molecular flexibility index (Phi) is 4.73. The number of imidazole rings is 1. The van der Waals surface area contributed by atoms with Crippen LogP contribution in [0.3, 0.4) is 0 Å². The largest absolute Gasteiger partial charge is 0.497 e. The molecule has 23 heavy (non-hydrogen) atoms. The number of fused-ring (bicyclic) bond motifs is 1. The van der Waals surface area contributed by atoms with Crippen molar-refractivity contribution < 1.29 is 9.53 Å². The van der Waals surface area contributed by atoms with Crippen molar-refractivity contribution in [1.82, 2.24) is 9.97 Å². The average molecular weight is 348 g/mol. The van der Waals surface area contributed by atoms with Crippen LogP contribution in [0.2, 0.25) is 5.02 Å². The Morgan fingerprint density at radius 1 is 1.35 bits per heavy atom. The highest BCUT2D eigenvalue weighted by molar-refractivity contribution is 7.99. The maximum atomic E-state index is 12.0. The second kappa shape index (κ2) is 6.93. The molecule has 1 aromatic heterocycles. The Morgan fingerprint density at radius 3 is 3.04 bits per heavy atom. The van der Waals surface area contributed by atoms with E-state index in [1.165, 1.54) is 11.8 Å². The number of rotatable bonds is 5. The molecular weight excluding hydrogens is 334 g/mol. The molecule has 2 aromatic carbocycles. The fraction of sp³-hybridized carbons (Fsp3) is 0.125. The standard InChI is InChI=1S/C16H14ClN3O2S/c1-22-12-4-2-3-11(8-12)18-15(21)9-23-16-19-13-6-5-10(17)7-14(13)20-16/h2-8H,9H2,1H3,(H,18,21)(H,19,20). The van der Waals surface area contributed by atoms with Gasteiger partial charge in [-0.05, 0) is 30.3 Å². The van der Waals surface area contributed by atoms with Gasteiger partial charge in [-0.2, -0.15) is 0 Å². The van der Waals surface area contributed by atoms with Gasteiger partial charge in [0.05, 0.1) is 23.9 Å². The van der Waals surface area contributed by atoms with Gasteiger partial charge in [-0.15, -0.1) is 0 Å². The molecule has 7 heteroatoms. The zero-order valence-electron chi connectivity index (χ0n) is 12.3. The van der Waals surface area contributed by atoms with Gasteiger partial charge >= 0.3 is 0 Å². The molecule has 0 aliphatic rings. The van der Waals surface area contributed by atoms with Crippen molar-refractivity contribution in [3.8, 4) is 5.75 Å². The maximum Gasteiger partial charge on any atom is 0.234 e. The van der Waals surface area contributed by atoms with E-state index in [-0.39, 0.29) is 11.7 Å². The van der Waals surface area contributed by atoms with Crippen LogP contribution in [0.4, 0.5) is 5.69 Å². The number of benzene rings is 2. The molecule has 1 amide bonds. The van der Waals surface area contributed by atoms with Crippen molar-refractivity contribution in [2.45, 2.75) is 5.16 Å². The van der Waals surface area contributed by atoms with E-state index < -0.39 is 0 Å². The first-order chi connectivity index (χ1) is 11.1. The van der Waals surface area contributed by atoms with Crippen molar-refractivity contribution in [3.05, 3.63) is 47.5 Å². The summed E-state index contributed by atoms with van der Waals surface area (Å²) in [6.07, 6.45) is 0. The third-order valence-electron chi connectivity index (χ3n) is 3.12. The number of amides is 1. The third kappa shape index (κ3) is 3.97. The van der Waals surface area contributed by atoms with E-state index in [0.29, 0.717) is 21.6 Å². The van der Waals surface area contributed by atoms with Gasteiger partial charge in [-0.3, -0.25) is 4.79 Å². The predicted octanol–water partition coefficient (Wildman–Crippen LogP) is 3.96. The fourth-order valence-electron chi connectivity index (χ4n) is 2.06. The van der Waals surface area contributed by atoms with Crippen molar-refractivity contribution in [1.29, 1.82) is 0 Å². The summed E-state index contributed by atoms with van der Waals surface area (Å²) in [7, 11) is 1.59. The van der Waals surface area contributed by atoms with Crippen LogP contribution in [0, 0.1) is 0 Å². The van der Waals surface area contributed by atoms with Gasteiger partial charge in [0.1, 0.15) is 5.75 Å². The molecule has 0 fully saturated rings. The molecule has 0 spiro atoms. The van der Waals surface area contributed by atoms with Crippen molar-refractivity contribution in [3.63, 3.8) is 0 Å². The van der Waals surface area contributed by atoms with E-state index in [2.05, 4.69) is 15.3 Å². The van der Waals surface area contributed by atoms with Gasteiger partial charge in [-0.1, -0.05) is 29.4 Å². The van der Waals surface area contributed by atoms with E-state index in [1.807, 2.05) is 30.3 Å². The number of hydrogen-bond acceptors (Lipinski definition) is 4. The molecule has 3 rings (SSSR count). The SMILES string of the molecule is COc1cccc(NC(=O)CSc2nc3ccc(Cl)cc3[nH]2)c1. The normalized spacial score (nSPS) is 10.7. The van der Waals surface area contributed by atoms with Gasteiger partial charge in [0.2, 0.25) is 5.91 Å². The van der Waals surface area contributed by atoms with Crippen LogP contribution < -0.4 is 10.1 Å². The summed E-state index contributed by atoms with van der Waals surface area (Å²) in [6.45, 7) is 0.